The first-order valence-corrected chi connectivity index (χ1v) is 5.95. The quantitative estimate of drug-likeness (QED) is 0.832. The van der Waals surface area contributed by atoms with E-state index in [2.05, 4.69) is 5.32 Å². The van der Waals surface area contributed by atoms with E-state index in [0.29, 0.717) is 11.4 Å². The first-order chi connectivity index (χ1) is 9.04. The van der Waals surface area contributed by atoms with Crippen LogP contribution in [0.25, 0.3) is 0 Å². The molecule has 0 radical (unpaired) electrons. The lowest BCUT2D eigenvalue weighted by Gasteiger charge is -2.09. The molecule has 19 heavy (non-hydrogen) atoms. The van der Waals surface area contributed by atoms with Crippen LogP contribution in [0, 0.1) is 12.7 Å². The smallest absolute Gasteiger partial charge is 0.228 e. The van der Waals surface area contributed by atoms with Gasteiger partial charge in [-0.1, -0.05) is 18.2 Å². The van der Waals surface area contributed by atoms with Gasteiger partial charge >= 0.3 is 0 Å². The predicted octanol–water partition coefficient (Wildman–Crippen LogP) is 2.90. The summed E-state index contributed by atoms with van der Waals surface area (Å²) in [6, 6.07) is 11.3. The third-order valence-corrected chi connectivity index (χ3v) is 2.76. The second-order valence-corrected chi connectivity index (χ2v) is 4.44. The van der Waals surface area contributed by atoms with E-state index in [9.17, 15) is 9.18 Å². The monoisotopic (exact) mass is 258 g/mol. The number of rotatable bonds is 3. The number of nitrogens with one attached hydrogen (secondary N) is 1. The fourth-order valence-corrected chi connectivity index (χ4v) is 1.76. The summed E-state index contributed by atoms with van der Waals surface area (Å²) < 4.78 is 12.8. The standard InChI is InChI=1S/C15H15FN2O/c1-10-2-7-13(17)14(8-10)18-15(19)9-11-3-5-12(16)6-4-11/h2-8H,9,17H2,1H3,(H,18,19). The fourth-order valence-electron chi connectivity index (χ4n) is 1.76. The average molecular weight is 258 g/mol. The number of hydrogen-bond acceptors (Lipinski definition) is 2. The molecule has 0 saturated heterocycles. The molecule has 0 aliphatic heterocycles. The van der Waals surface area contributed by atoms with E-state index < -0.39 is 0 Å². The molecule has 0 unspecified atom stereocenters. The lowest BCUT2D eigenvalue weighted by Crippen LogP contribution is -2.15. The summed E-state index contributed by atoms with van der Waals surface area (Å²) in [6.45, 7) is 1.93. The normalized spacial score (nSPS) is 10.2. The Hall–Kier alpha value is -2.36. The molecule has 1 amide bonds. The zero-order chi connectivity index (χ0) is 13.8. The van der Waals surface area contributed by atoms with Crippen LogP contribution in [0.3, 0.4) is 0 Å². The SMILES string of the molecule is Cc1ccc(N)c(NC(=O)Cc2ccc(F)cc2)c1. The number of carbonyl (C=O) groups excluding carboxylic acids is 1. The van der Waals surface area contributed by atoms with Crippen molar-refractivity contribution < 1.29 is 9.18 Å². The minimum Gasteiger partial charge on any atom is -0.397 e. The molecule has 2 aromatic rings. The number of nitrogens with two attached hydrogens (primary N) is 1. The largest absolute Gasteiger partial charge is 0.397 e. The second-order valence-electron chi connectivity index (χ2n) is 4.44. The highest BCUT2D eigenvalue weighted by Gasteiger charge is 2.06. The maximum Gasteiger partial charge on any atom is 0.228 e. The first-order valence-electron chi connectivity index (χ1n) is 5.95. The van der Waals surface area contributed by atoms with Crippen molar-refractivity contribution in [3.63, 3.8) is 0 Å². The summed E-state index contributed by atoms with van der Waals surface area (Å²) in [5.74, 6) is -0.490. The second kappa shape index (κ2) is 5.52. The Morgan fingerprint density at radius 3 is 2.58 bits per heavy atom. The summed E-state index contributed by atoms with van der Waals surface area (Å²) >= 11 is 0. The number of anilines is 2. The molecule has 0 bridgehead atoms. The van der Waals surface area contributed by atoms with Gasteiger partial charge in [0, 0.05) is 0 Å². The predicted molar refractivity (Wildman–Crippen MR) is 74.3 cm³/mol. The highest BCUT2D eigenvalue weighted by atomic mass is 19.1. The fraction of sp³-hybridized carbons (Fsp3) is 0.133. The van der Waals surface area contributed by atoms with Crippen molar-refractivity contribution >= 4 is 17.3 Å². The number of nitrogen functional groups attached to an aromatic ring is 1. The van der Waals surface area contributed by atoms with Gasteiger partial charge in [-0.2, -0.15) is 0 Å². The molecular formula is C15H15FN2O. The van der Waals surface area contributed by atoms with Crippen LogP contribution in [-0.4, -0.2) is 5.91 Å². The summed E-state index contributed by atoms with van der Waals surface area (Å²) in [5.41, 5.74) is 8.69. The lowest BCUT2D eigenvalue weighted by atomic mass is 10.1. The molecule has 3 nitrogen and oxygen atoms in total. The number of carbonyl (C=O) groups is 1. The number of halogens is 1. The van der Waals surface area contributed by atoms with Crippen molar-refractivity contribution in [3.8, 4) is 0 Å². The van der Waals surface area contributed by atoms with Crippen molar-refractivity contribution in [3.05, 3.63) is 59.4 Å². The van der Waals surface area contributed by atoms with Crippen LogP contribution >= 0.6 is 0 Å². The maximum absolute atomic E-state index is 12.8. The Bertz CT molecular complexity index is 594. The van der Waals surface area contributed by atoms with Gasteiger partial charge in [0.1, 0.15) is 5.82 Å². The highest BCUT2D eigenvalue weighted by molar-refractivity contribution is 5.95. The van der Waals surface area contributed by atoms with Crippen molar-refractivity contribution in [2.75, 3.05) is 11.1 Å². The Kier molecular flexibility index (Phi) is 3.80. The highest BCUT2D eigenvalue weighted by Crippen LogP contribution is 2.19. The molecule has 0 heterocycles. The van der Waals surface area contributed by atoms with Crippen molar-refractivity contribution in [2.45, 2.75) is 13.3 Å². The van der Waals surface area contributed by atoms with E-state index in [4.69, 9.17) is 5.73 Å². The third-order valence-electron chi connectivity index (χ3n) is 2.76. The first kappa shape index (κ1) is 13.1. The molecule has 0 aromatic heterocycles. The van der Waals surface area contributed by atoms with E-state index in [1.165, 1.54) is 12.1 Å². The Balaban J connectivity index is 2.05. The van der Waals surface area contributed by atoms with Gasteiger partial charge in [0.05, 0.1) is 17.8 Å². The molecule has 4 heteroatoms. The molecule has 0 aliphatic rings. The third kappa shape index (κ3) is 3.55. The summed E-state index contributed by atoms with van der Waals surface area (Å²) in [6.07, 6.45) is 0.188. The number of amides is 1. The van der Waals surface area contributed by atoms with Crippen LogP contribution in [0.15, 0.2) is 42.5 Å². The molecule has 2 aromatic carbocycles. The molecular weight excluding hydrogens is 243 g/mol. The van der Waals surface area contributed by atoms with Crippen LogP contribution in [0.1, 0.15) is 11.1 Å². The zero-order valence-electron chi connectivity index (χ0n) is 10.6. The number of benzene rings is 2. The van der Waals surface area contributed by atoms with E-state index >= 15 is 0 Å². The number of hydrogen-bond donors (Lipinski definition) is 2. The maximum atomic E-state index is 12.8. The van der Waals surface area contributed by atoms with E-state index in [0.717, 1.165) is 11.1 Å². The van der Waals surface area contributed by atoms with E-state index in [-0.39, 0.29) is 18.1 Å². The van der Waals surface area contributed by atoms with Crippen molar-refractivity contribution in [2.24, 2.45) is 0 Å². The molecule has 0 spiro atoms. The zero-order valence-corrected chi connectivity index (χ0v) is 10.6. The van der Waals surface area contributed by atoms with Crippen LogP contribution in [0.2, 0.25) is 0 Å². The van der Waals surface area contributed by atoms with Gasteiger partial charge in [-0.25, -0.2) is 4.39 Å². The van der Waals surface area contributed by atoms with Gasteiger partial charge < -0.3 is 11.1 Å². The summed E-state index contributed by atoms with van der Waals surface area (Å²) in [7, 11) is 0. The van der Waals surface area contributed by atoms with Gasteiger partial charge in [-0.3, -0.25) is 4.79 Å². The summed E-state index contributed by atoms with van der Waals surface area (Å²) in [5, 5.41) is 2.76. The number of aryl methyl sites for hydroxylation is 1. The molecule has 0 saturated carbocycles. The topological polar surface area (TPSA) is 55.1 Å². The Labute approximate surface area is 111 Å². The van der Waals surface area contributed by atoms with Gasteiger partial charge in [0.15, 0.2) is 0 Å². The molecule has 0 atom stereocenters. The van der Waals surface area contributed by atoms with Gasteiger partial charge in [-0.05, 0) is 42.3 Å². The van der Waals surface area contributed by atoms with Gasteiger partial charge in [-0.15, -0.1) is 0 Å². The molecule has 0 aliphatic carbocycles. The molecule has 98 valence electrons. The average Bonchev–Trinajstić information content (AvgIpc) is 2.37. The minimum atomic E-state index is -0.313. The Morgan fingerprint density at radius 2 is 1.89 bits per heavy atom. The van der Waals surface area contributed by atoms with Crippen LogP contribution in [0.5, 0.6) is 0 Å². The molecule has 2 rings (SSSR count). The lowest BCUT2D eigenvalue weighted by molar-refractivity contribution is -0.115. The van der Waals surface area contributed by atoms with E-state index in [1.54, 1.807) is 18.2 Å². The van der Waals surface area contributed by atoms with Crippen LogP contribution < -0.4 is 11.1 Å². The van der Waals surface area contributed by atoms with Gasteiger partial charge in [0.25, 0.3) is 0 Å². The minimum absolute atomic E-state index is 0.177. The summed E-state index contributed by atoms with van der Waals surface area (Å²) in [4.78, 5) is 11.9. The molecule has 3 N–H and O–H groups in total. The van der Waals surface area contributed by atoms with E-state index in [1.807, 2.05) is 19.1 Å². The molecule has 0 fully saturated rings. The van der Waals surface area contributed by atoms with Crippen LogP contribution in [-0.2, 0) is 11.2 Å². The Morgan fingerprint density at radius 1 is 1.21 bits per heavy atom. The van der Waals surface area contributed by atoms with Crippen LogP contribution in [0.4, 0.5) is 15.8 Å². The van der Waals surface area contributed by atoms with Crippen molar-refractivity contribution in [1.29, 1.82) is 0 Å². The van der Waals surface area contributed by atoms with Crippen molar-refractivity contribution in [1.82, 2.24) is 0 Å². The van der Waals surface area contributed by atoms with Gasteiger partial charge in [0.2, 0.25) is 5.91 Å².